The van der Waals surface area contributed by atoms with Crippen LogP contribution in [0.3, 0.4) is 0 Å². The minimum Gasteiger partial charge on any atom is -0.373 e. The number of allylic oxidation sites excluding steroid dienone is 2. The summed E-state index contributed by atoms with van der Waals surface area (Å²) >= 11 is 6.93. The van der Waals surface area contributed by atoms with E-state index >= 15 is 0 Å². The third-order valence-electron chi connectivity index (χ3n) is 8.45. The van der Waals surface area contributed by atoms with E-state index in [4.69, 9.17) is 0 Å². The number of aromatic amines is 2. The fraction of sp³-hybridized carbons (Fsp3) is 0.0556. The normalized spacial score (nSPS) is 25.0. The molecule has 2 unspecified atom stereocenters. The fourth-order valence-electron chi connectivity index (χ4n) is 6.46. The number of fused-ring (bicyclic) bond motifs is 9. The Balaban J connectivity index is 1.35. The van der Waals surface area contributed by atoms with Crippen LogP contribution in [0.15, 0.2) is 122 Å². The third kappa shape index (κ3) is 4.37. The van der Waals surface area contributed by atoms with Gasteiger partial charge >= 0.3 is 0 Å². The van der Waals surface area contributed by atoms with E-state index < -0.39 is 0 Å². The summed E-state index contributed by atoms with van der Waals surface area (Å²) in [6.07, 6.45) is 9.05. The number of hydrogen-bond donors (Lipinski definition) is 4. The van der Waals surface area contributed by atoms with Gasteiger partial charge in [-0.3, -0.25) is 0 Å². The summed E-state index contributed by atoms with van der Waals surface area (Å²) in [5.74, 6) is 0. The summed E-state index contributed by atoms with van der Waals surface area (Å²) in [6, 6.07) is 17.9. The average Bonchev–Trinajstić information content (AvgIpc) is 3.91. The van der Waals surface area contributed by atoms with E-state index in [1.165, 1.54) is 44.5 Å². The first-order valence-electron chi connectivity index (χ1n) is 14.4. The topological polar surface area (TPSA) is 55.6 Å². The van der Waals surface area contributed by atoms with Gasteiger partial charge in [0, 0.05) is 39.2 Å². The highest BCUT2D eigenvalue weighted by molar-refractivity contribution is 7.08. The molecule has 0 amide bonds. The van der Waals surface area contributed by atoms with E-state index in [2.05, 4.69) is 136 Å². The Labute approximate surface area is 270 Å². The molecule has 4 nitrogen and oxygen atoms in total. The fourth-order valence-corrected chi connectivity index (χ4v) is 9.06. The average molecular weight is 643 g/mol. The molecule has 0 aliphatic carbocycles. The van der Waals surface area contributed by atoms with Gasteiger partial charge in [0.15, 0.2) is 0 Å². The molecule has 0 saturated heterocycles. The zero-order valence-corrected chi connectivity index (χ0v) is 26.6. The standard InChI is InChI=1S/C36H26N4S4/c1-5-29-33(21-9-13-41-17-21)34(22-10-14-42-18-22)31-7-3-27(39-31)28-4-8-32(40-28)36(24-12-16-44-20-24)35(23-11-15-43-19-23)30-6-2-26(38-30)25(1)37-29/h1-20,25,32,37-40H/b28-27-,33-29-,34-31-,36-35-. The molecule has 0 radical (unpaired) electrons. The molecule has 3 aliphatic heterocycles. The summed E-state index contributed by atoms with van der Waals surface area (Å²) in [5, 5.41) is 27.6. The molecule has 214 valence electrons. The largest absolute Gasteiger partial charge is 0.373 e. The Morgan fingerprint density at radius 1 is 0.477 bits per heavy atom. The van der Waals surface area contributed by atoms with E-state index in [9.17, 15) is 0 Å². The minimum atomic E-state index is 0.0126. The second-order valence-corrected chi connectivity index (χ2v) is 14.1. The van der Waals surface area contributed by atoms with Crippen LogP contribution < -0.4 is 21.3 Å². The number of nitrogens with one attached hydrogen (secondary N) is 4. The van der Waals surface area contributed by atoms with Crippen molar-refractivity contribution >= 4 is 73.3 Å². The van der Waals surface area contributed by atoms with Crippen LogP contribution >= 0.6 is 45.3 Å². The van der Waals surface area contributed by atoms with Crippen LogP contribution in [0.1, 0.15) is 39.7 Å². The molecule has 0 fully saturated rings. The van der Waals surface area contributed by atoms with Crippen molar-refractivity contribution in [3.63, 3.8) is 0 Å². The van der Waals surface area contributed by atoms with Gasteiger partial charge in [-0.15, -0.1) is 0 Å². The van der Waals surface area contributed by atoms with Crippen molar-refractivity contribution in [2.75, 3.05) is 0 Å². The number of hydrogen-bond acceptors (Lipinski definition) is 6. The van der Waals surface area contributed by atoms with Crippen molar-refractivity contribution in [2.45, 2.75) is 12.1 Å². The monoisotopic (exact) mass is 642 g/mol. The minimum absolute atomic E-state index is 0.0126. The number of thiophene rings is 4. The maximum Gasteiger partial charge on any atom is 0.0851 e. The molecule has 0 aromatic carbocycles. The van der Waals surface area contributed by atoms with Gasteiger partial charge in [-0.25, -0.2) is 0 Å². The van der Waals surface area contributed by atoms with Crippen LogP contribution in [0.4, 0.5) is 0 Å². The van der Waals surface area contributed by atoms with E-state index in [1.807, 2.05) is 0 Å². The molecule has 0 spiro atoms. The van der Waals surface area contributed by atoms with Crippen LogP contribution in [0, 0.1) is 0 Å². The summed E-state index contributed by atoms with van der Waals surface area (Å²) in [5.41, 5.74) is 14.2. The Hall–Kier alpha value is -4.34. The van der Waals surface area contributed by atoms with Crippen LogP contribution in [0.5, 0.6) is 0 Å². The second kappa shape index (κ2) is 10.7. The lowest BCUT2D eigenvalue weighted by Crippen LogP contribution is -2.27. The van der Waals surface area contributed by atoms with Gasteiger partial charge in [0.2, 0.25) is 0 Å². The van der Waals surface area contributed by atoms with Crippen molar-refractivity contribution in [3.05, 3.63) is 166 Å². The molecule has 9 heterocycles. The van der Waals surface area contributed by atoms with Crippen molar-refractivity contribution in [1.29, 1.82) is 0 Å². The van der Waals surface area contributed by atoms with Gasteiger partial charge in [-0.05, 0) is 132 Å². The van der Waals surface area contributed by atoms with Gasteiger partial charge in [-0.2, -0.15) is 45.3 Å². The lowest BCUT2D eigenvalue weighted by molar-refractivity contribution is 0.744. The maximum absolute atomic E-state index is 3.88. The molecule has 8 bridgehead atoms. The molecule has 2 atom stereocenters. The number of aromatic nitrogens is 2. The van der Waals surface area contributed by atoms with Gasteiger partial charge in [0.1, 0.15) is 0 Å². The summed E-state index contributed by atoms with van der Waals surface area (Å²) < 4.78 is 0. The predicted molar refractivity (Wildman–Crippen MR) is 188 cm³/mol. The molecule has 44 heavy (non-hydrogen) atoms. The summed E-state index contributed by atoms with van der Waals surface area (Å²) in [4.78, 5) is 7.66. The molecule has 6 aromatic rings. The molecule has 9 rings (SSSR count). The van der Waals surface area contributed by atoms with E-state index in [0.717, 1.165) is 33.5 Å². The molecule has 8 heteroatoms. The number of H-pyrrole nitrogens is 2. The highest BCUT2D eigenvalue weighted by Crippen LogP contribution is 2.40. The molecule has 6 aromatic heterocycles. The highest BCUT2D eigenvalue weighted by atomic mass is 32.1. The molecule has 0 saturated carbocycles. The molecule has 4 N–H and O–H groups in total. The SMILES string of the molecule is C1=CC2N/C1=c1/cc/c([nH]1)=C(c1ccsc1)/C(c1ccsc1)=C1/C=CC(N1)c1ccc([nH]1)/C(c1ccsc1)=C\2c1ccsc1. The highest BCUT2D eigenvalue weighted by Gasteiger charge is 2.28. The van der Waals surface area contributed by atoms with Crippen LogP contribution in [0.25, 0.3) is 28.0 Å². The predicted octanol–water partition coefficient (Wildman–Crippen LogP) is 7.71. The zero-order valence-electron chi connectivity index (χ0n) is 23.3. The van der Waals surface area contributed by atoms with Gasteiger partial charge in [0.05, 0.1) is 23.1 Å². The Morgan fingerprint density at radius 2 is 1.07 bits per heavy atom. The Bertz CT molecular complexity index is 2220. The zero-order chi connectivity index (χ0) is 29.0. The van der Waals surface area contributed by atoms with E-state index in [1.54, 1.807) is 45.3 Å². The smallest absolute Gasteiger partial charge is 0.0851 e. The second-order valence-electron chi connectivity index (χ2n) is 11.0. The van der Waals surface area contributed by atoms with Gasteiger partial charge in [-0.1, -0.05) is 12.2 Å². The van der Waals surface area contributed by atoms with Crippen molar-refractivity contribution in [2.24, 2.45) is 0 Å². The first kappa shape index (κ1) is 26.1. The van der Waals surface area contributed by atoms with Gasteiger partial charge in [0.25, 0.3) is 0 Å². The van der Waals surface area contributed by atoms with E-state index in [-0.39, 0.29) is 12.1 Å². The molecular formula is C36H26N4S4. The maximum atomic E-state index is 3.88. The Morgan fingerprint density at radius 3 is 1.77 bits per heavy atom. The molecular weight excluding hydrogens is 617 g/mol. The summed E-state index contributed by atoms with van der Waals surface area (Å²) in [6.45, 7) is 0. The molecule has 3 aliphatic rings. The van der Waals surface area contributed by atoms with Crippen LogP contribution in [0.2, 0.25) is 0 Å². The number of rotatable bonds is 4. The lowest BCUT2D eigenvalue weighted by Gasteiger charge is -2.20. The third-order valence-corrected chi connectivity index (χ3v) is 11.2. The lowest BCUT2D eigenvalue weighted by atomic mass is 9.90. The quantitative estimate of drug-likeness (QED) is 0.159. The first-order chi connectivity index (χ1) is 21.8. The Kier molecular flexibility index (Phi) is 6.33. The van der Waals surface area contributed by atoms with Crippen molar-refractivity contribution < 1.29 is 0 Å². The van der Waals surface area contributed by atoms with E-state index in [0.29, 0.717) is 0 Å². The van der Waals surface area contributed by atoms with Crippen LogP contribution in [-0.2, 0) is 0 Å². The van der Waals surface area contributed by atoms with Crippen LogP contribution in [-0.4, -0.2) is 16.0 Å². The summed E-state index contributed by atoms with van der Waals surface area (Å²) in [7, 11) is 0. The van der Waals surface area contributed by atoms with Crippen molar-refractivity contribution in [1.82, 2.24) is 20.6 Å². The first-order valence-corrected chi connectivity index (χ1v) is 18.2. The van der Waals surface area contributed by atoms with Crippen molar-refractivity contribution in [3.8, 4) is 0 Å². The van der Waals surface area contributed by atoms with Gasteiger partial charge < -0.3 is 20.6 Å².